The van der Waals surface area contributed by atoms with Gasteiger partial charge in [0, 0.05) is 20.0 Å². The van der Waals surface area contributed by atoms with Crippen LogP contribution in [0.3, 0.4) is 0 Å². The minimum absolute atomic E-state index is 0.0498. The quantitative estimate of drug-likeness (QED) is 0.539. The number of hydrogen-bond donors (Lipinski definition) is 0. The Kier molecular flexibility index (Phi) is 7.07. The van der Waals surface area contributed by atoms with Gasteiger partial charge in [0.2, 0.25) is 0 Å². The number of ether oxygens (including phenoxy) is 3. The lowest BCUT2D eigenvalue weighted by atomic mass is 10.0. The molecule has 7 heteroatoms. The van der Waals surface area contributed by atoms with Crippen LogP contribution < -0.4 is 4.74 Å². The van der Waals surface area contributed by atoms with Crippen LogP contribution in [0.1, 0.15) is 38.1 Å². The Morgan fingerprint density at radius 3 is 1.97 bits per heavy atom. The zero-order chi connectivity index (χ0) is 22.5. The summed E-state index contributed by atoms with van der Waals surface area (Å²) in [4.78, 5) is 37.8. The number of nitrogens with zero attached hydrogens (tertiary/aromatic N) is 1. The molecule has 31 heavy (non-hydrogen) atoms. The zero-order valence-corrected chi connectivity index (χ0v) is 18.2. The molecule has 0 radical (unpaired) electrons. The second kappa shape index (κ2) is 9.75. The topological polar surface area (TPSA) is 82.1 Å². The summed E-state index contributed by atoms with van der Waals surface area (Å²) >= 11 is 0. The third-order valence-electron chi connectivity index (χ3n) is 4.93. The molecular formula is C24H27NO6. The molecular weight excluding hydrogens is 398 g/mol. The van der Waals surface area contributed by atoms with Crippen molar-refractivity contribution in [3.63, 3.8) is 0 Å². The first-order valence-corrected chi connectivity index (χ1v) is 10.3. The molecule has 3 rings (SSSR count). The van der Waals surface area contributed by atoms with E-state index in [4.69, 9.17) is 14.2 Å². The summed E-state index contributed by atoms with van der Waals surface area (Å²) in [6.07, 6.45) is -0.976. The molecule has 164 valence electrons. The van der Waals surface area contributed by atoms with Crippen LogP contribution in [0.2, 0.25) is 0 Å². The molecule has 0 bridgehead atoms. The molecule has 0 spiro atoms. The maximum atomic E-state index is 12.7. The molecule has 0 saturated carbocycles. The summed E-state index contributed by atoms with van der Waals surface area (Å²) in [6, 6.07) is 14.0. The molecule has 3 unspecified atom stereocenters. The Hall–Kier alpha value is -3.19. The molecule has 0 aliphatic carbocycles. The molecule has 2 aromatic rings. The number of esters is 2. The Morgan fingerprint density at radius 2 is 1.45 bits per heavy atom. The average molecular weight is 425 g/mol. The van der Waals surface area contributed by atoms with Crippen molar-refractivity contribution in [1.82, 2.24) is 4.90 Å². The molecule has 0 N–H and O–H groups in total. The van der Waals surface area contributed by atoms with Gasteiger partial charge in [0.05, 0.1) is 17.8 Å². The summed E-state index contributed by atoms with van der Waals surface area (Å²) in [5, 5.41) is 0. The lowest BCUT2D eigenvalue weighted by Crippen LogP contribution is -2.51. The number of carbonyl (C=O) groups is 3. The van der Waals surface area contributed by atoms with E-state index in [0.717, 1.165) is 11.1 Å². The highest BCUT2D eigenvalue weighted by Crippen LogP contribution is 2.23. The van der Waals surface area contributed by atoms with Gasteiger partial charge in [-0.05, 0) is 56.2 Å². The SMILES string of the molecule is CC(=O)Oc1ccc(-c2ccc(C(=O)OC(C)C(=O)N3CC(C)OC(C)C3)cc2)cc1. The third kappa shape index (κ3) is 5.92. The van der Waals surface area contributed by atoms with Crippen molar-refractivity contribution in [2.75, 3.05) is 13.1 Å². The van der Waals surface area contributed by atoms with Gasteiger partial charge in [-0.25, -0.2) is 4.79 Å². The molecule has 3 atom stereocenters. The van der Waals surface area contributed by atoms with Gasteiger partial charge in [-0.2, -0.15) is 0 Å². The standard InChI is InChI=1S/C24H27NO6/c1-15-13-25(14-16(2)29-15)23(27)17(3)30-24(28)21-7-5-19(6-8-21)20-9-11-22(12-10-20)31-18(4)26/h5-12,15-17H,13-14H2,1-4H3. The van der Waals surface area contributed by atoms with E-state index >= 15 is 0 Å². The van der Waals surface area contributed by atoms with Crippen LogP contribution in [0, 0.1) is 0 Å². The van der Waals surface area contributed by atoms with Crippen molar-refractivity contribution in [2.24, 2.45) is 0 Å². The van der Waals surface area contributed by atoms with E-state index < -0.39 is 12.1 Å². The van der Waals surface area contributed by atoms with E-state index in [9.17, 15) is 14.4 Å². The fourth-order valence-corrected chi connectivity index (χ4v) is 3.57. The fourth-order valence-electron chi connectivity index (χ4n) is 3.57. The Morgan fingerprint density at radius 1 is 0.935 bits per heavy atom. The van der Waals surface area contributed by atoms with Crippen molar-refractivity contribution >= 4 is 17.8 Å². The van der Waals surface area contributed by atoms with Crippen LogP contribution in [-0.4, -0.2) is 54.1 Å². The average Bonchev–Trinajstić information content (AvgIpc) is 2.72. The first-order chi connectivity index (χ1) is 14.7. The van der Waals surface area contributed by atoms with Crippen LogP contribution in [0.4, 0.5) is 0 Å². The van der Waals surface area contributed by atoms with Gasteiger partial charge in [0.15, 0.2) is 6.10 Å². The number of morpholine rings is 1. The van der Waals surface area contributed by atoms with Crippen LogP contribution in [0.15, 0.2) is 48.5 Å². The second-order valence-electron chi connectivity index (χ2n) is 7.74. The maximum absolute atomic E-state index is 12.7. The lowest BCUT2D eigenvalue weighted by Gasteiger charge is -2.36. The summed E-state index contributed by atoms with van der Waals surface area (Å²) in [6.45, 7) is 7.73. The first kappa shape index (κ1) is 22.5. The van der Waals surface area contributed by atoms with Gasteiger partial charge >= 0.3 is 11.9 Å². The predicted octanol–water partition coefficient (Wildman–Crippen LogP) is 3.46. The smallest absolute Gasteiger partial charge is 0.338 e. The number of rotatable bonds is 5. The molecule has 1 saturated heterocycles. The molecule has 1 amide bonds. The van der Waals surface area contributed by atoms with E-state index in [1.165, 1.54) is 6.92 Å². The van der Waals surface area contributed by atoms with E-state index in [-0.39, 0.29) is 24.1 Å². The predicted molar refractivity (Wildman–Crippen MR) is 115 cm³/mol. The first-order valence-electron chi connectivity index (χ1n) is 10.3. The Labute approximate surface area is 181 Å². The minimum atomic E-state index is -0.876. The maximum Gasteiger partial charge on any atom is 0.338 e. The summed E-state index contributed by atoms with van der Waals surface area (Å²) in [7, 11) is 0. The van der Waals surface area contributed by atoms with Gasteiger partial charge in [-0.1, -0.05) is 24.3 Å². The Balaban J connectivity index is 1.61. The van der Waals surface area contributed by atoms with Crippen molar-refractivity contribution < 1.29 is 28.6 Å². The molecule has 2 aromatic carbocycles. The van der Waals surface area contributed by atoms with Crippen molar-refractivity contribution in [3.8, 4) is 16.9 Å². The van der Waals surface area contributed by atoms with Crippen LogP contribution >= 0.6 is 0 Å². The molecule has 7 nitrogen and oxygen atoms in total. The van der Waals surface area contributed by atoms with Crippen LogP contribution in [0.5, 0.6) is 5.75 Å². The highest BCUT2D eigenvalue weighted by Gasteiger charge is 2.30. The van der Waals surface area contributed by atoms with E-state index in [2.05, 4.69) is 0 Å². The monoisotopic (exact) mass is 425 g/mol. The van der Waals surface area contributed by atoms with Gasteiger partial charge in [0.25, 0.3) is 5.91 Å². The lowest BCUT2D eigenvalue weighted by molar-refractivity contribution is -0.151. The molecule has 1 heterocycles. The van der Waals surface area contributed by atoms with Crippen molar-refractivity contribution in [3.05, 3.63) is 54.1 Å². The molecule has 0 aromatic heterocycles. The van der Waals surface area contributed by atoms with Gasteiger partial charge in [-0.3, -0.25) is 9.59 Å². The minimum Gasteiger partial charge on any atom is -0.449 e. The van der Waals surface area contributed by atoms with Gasteiger partial charge in [0.1, 0.15) is 5.75 Å². The number of amides is 1. The fraction of sp³-hybridized carbons (Fsp3) is 0.375. The Bertz CT molecular complexity index is 928. The number of benzene rings is 2. The summed E-state index contributed by atoms with van der Waals surface area (Å²) in [5.41, 5.74) is 2.17. The zero-order valence-electron chi connectivity index (χ0n) is 18.2. The van der Waals surface area contributed by atoms with Crippen LogP contribution in [-0.2, 0) is 19.1 Å². The summed E-state index contributed by atoms with van der Waals surface area (Å²) < 4.78 is 16.1. The number of hydrogen-bond acceptors (Lipinski definition) is 6. The highest BCUT2D eigenvalue weighted by molar-refractivity contribution is 5.92. The molecule has 1 fully saturated rings. The molecule has 1 aliphatic rings. The van der Waals surface area contributed by atoms with Crippen molar-refractivity contribution in [1.29, 1.82) is 0 Å². The second-order valence-corrected chi connectivity index (χ2v) is 7.74. The molecule has 1 aliphatic heterocycles. The van der Waals surface area contributed by atoms with Crippen LogP contribution in [0.25, 0.3) is 11.1 Å². The summed E-state index contributed by atoms with van der Waals surface area (Å²) in [5.74, 6) is -0.674. The van der Waals surface area contributed by atoms with E-state index in [1.807, 2.05) is 26.0 Å². The van der Waals surface area contributed by atoms with Gasteiger partial charge in [-0.15, -0.1) is 0 Å². The van der Waals surface area contributed by atoms with Crippen molar-refractivity contribution in [2.45, 2.75) is 46.0 Å². The number of carbonyl (C=O) groups excluding carboxylic acids is 3. The highest BCUT2D eigenvalue weighted by atomic mass is 16.5. The van der Waals surface area contributed by atoms with Gasteiger partial charge < -0.3 is 19.1 Å². The third-order valence-corrected chi connectivity index (χ3v) is 4.93. The normalized spacial score (nSPS) is 19.4. The van der Waals surface area contributed by atoms with E-state index in [1.54, 1.807) is 48.2 Å². The van der Waals surface area contributed by atoms with E-state index in [0.29, 0.717) is 24.4 Å². The largest absolute Gasteiger partial charge is 0.449 e.